The number of hydrogen-bond acceptors (Lipinski definition) is 3. The Hall–Kier alpha value is -2.55. The molecule has 124 valence electrons. The van der Waals surface area contributed by atoms with Gasteiger partial charge < -0.3 is 15.2 Å². The minimum absolute atomic E-state index is 0.0598. The summed E-state index contributed by atoms with van der Waals surface area (Å²) in [6.45, 7) is 9.05. The van der Waals surface area contributed by atoms with E-state index in [-0.39, 0.29) is 18.0 Å². The summed E-state index contributed by atoms with van der Waals surface area (Å²) in [4.78, 5) is 22.8. The SMILES string of the molecule is CCCn1c(C)cc(C=C(C#N)C(=O)NCCNC(C)=O)c1C. The van der Waals surface area contributed by atoms with E-state index in [4.69, 9.17) is 0 Å². The molecule has 1 aromatic heterocycles. The Kier molecular flexibility index (Phi) is 7.07. The van der Waals surface area contributed by atoms with Crippen molar-refractivity contribution in [3.63, 3.8) is 0 Å². The topological polar surface area (TPSA) is 86.9 Å². The number of carbonyl (C=O) groups is 2. The maximum Gasteiger partial charge on any atom is 0.262 e. The molecule has 0 radical (unpaired) electrons. The lowest BCUT2D eigenvalue weighted by molar-refractivity contribution is -0.120. The second-order valence-electron chi connectivity index (χ2n) is 5.39. The first kappa shape index (κ1) is 18.5. The van der Waals surface area contributed by atoms with Crippen molar-refractivity contribution in [1.82, 2.24) is 15.2 Å². The Balaban J connectivity index is 2.83. The fourth-order valence-corrected chi connectivity index (χ4v) is 2.36. The van der Waals surface area contributed by atoms with Crippen LogP contribution < -0.4 is 10.6 Å². The van der Waals surface area contributed by atoms with E-state index in [1.165, 1.54) is 6.92 Å². The lowest BCUT2D eigenvalue weighted by Gasteiger charge is -2.07. The Morgan fingerprint density at radius 1 is 1.30 bits per heavy atom. The van der Waals surface area contributed by atoms with E-state index < -0.39 is 5.91 Å². The van der Waals surface area contributed by atoms with Crippen LogP contribution in [0.1, 0.15) is 37.2 Å². The van der Waals surface area contributed by atoms with Crippen molar-refractivity contribution < 1.29 is 9.59 Å². The van der Waals surface area contributed by atoms with Gasteiger partial charge >= 0.3 is 0 Å². The zero-order valence-electron chi connectivity index (χ0n) is 14.2. The molecule has 0 aliphatic carbocycles. The first-order chi connectivity index (χ1) is 10.9. The van der Waals surface area contributed by atoms with Crippen LogP contribution in [0, 0.1) is 25.2 Å². The quantitative estimate of drug-likeness (QED) is 0.456. The second-order valence-corrected chi connectivity index (χ2v) is 5.39. The molecule has 23 heavy (non-hydrogen) atoms. The van der Waals surface area contributed by atoms with Gasteiger partial charge in [-0.1, -0.05) is 6.92 Å². The van der Waals surface area contributed by atoms with Crippen LogP contribution in [-0.2, 0) is 16.1 Å². The average molecular weight is 316 g/mol. The van der Waals surface area contributed by atoms with E-state index in [0.29, 0.717) is 6.54 Å². The maximum atomic E-state index is 12.0. The van der Waals surface area contributed by atoms with Crippen LogP contribution in [0.3, 0.4) is 0 Å². The highest BCUT2D eigenvalue weighted by molar-refractivity contribution is 6.01. The van der Waals surface area contributed by atoms with E-state index in [2.05, 4.69) is 22.1 Å². The summed E-state index contributed by atoms with van der Waals surface area (Å²) in [7, 11) is 0. The number of amides is 2. The number of hydrogen-bond donors (Lipinski definition) is 2. The number of aryl methyl sites for hydroxylation is 1. The Bertz CT molecular complexity index is 650. The minimum Gasteiger partial charge on any atom is -0.355 e. The van der Waals surface area contributed by atoms with Crippen LogP contribution in [0.25, 0.3) is 6.08 Å². The maximum absolute atomic E-state index is 12.0. The molecular weight excluding hydrogens is 292 g/mol. The third-order valence-electron chi connectivity index (χ3n) is 3.51. The van der Waals surface area contributed by atoms with Crippen molar-refractivity contribution in [3.05, 3.63) is 28.6 Å². The van der Waals surface area contributed by atoms with Gasteiger partial charge in [0, 0.05) is 37.9 Å². The zero-order valence-corrected chi connectivity index (χ0v) is 14.2. The van der Waals surface area contributed by atoms with E-state index >= 15 is 0 Å². The summed E-state index contributed by atoms with van der Waals surface area (Å²) < 4.78 is 2.18. The van der Waals surface area contributed by atoms with Crippen molar-refractivity contribution in [2.45, 2.75) is 40.7 Å². The number of aromatic nitrogens is 1. The van der Waals surface area contributed by atoms with Crippen LogP contribution in [0.15, 0.2) is 11.6 Å². The predicted molar refractivity (Wildman–Crippen MR) is 89.5 cm³/mol. The Labute approximate surface area is 137 Å². The first-order valence-corrected chi connectivity index (χ1v) is 7.71. The molecule has 6 nitrogen and oxygen atoms in total. The fraction of sp³-hybridized carbons (Fsp3) is 0.471. The lowest BCUT2D eigenvalue weighted by atomic mass is 10.1. The van der Waals surface area contributed by atoms with E-state index in [0.717, 1.165) is 29.9 Å². The van der Waals surface area contributed by atoms with Gasteiger partial charge in [0.15, 0.2) is 0 Å². The molecule has 0 aliphatic rings. The average Bonchev–Trinajstić information content (AvgIpc) is 2.76. The van der Waals surface area contributed by atoms with Crippen molar-refractivity contribution in [2.24, 2.45) is 0 Å². The van der Waals surface area contributed by atoms with Gasteiger partial charge in [0.1, 0.15) is 11.6 Å². The fourth-order valence-electron chi connectivity index (χ4n) is 2.36. The van der Waals surface area contributed by atoms with Gasteiger partial charge in [-0.3, -0.25) is 9.59 Å². The van der Waals surface area contributed by atoms with Crippen LogP contribution in [0.2, 0.25) is 0 Å². The first-order valence-electron chi connectivity index (χ1n) is 7.71. The molecule has 0 fully saturated rings. The summed E-state index contributed by atoms with van der Waals surface area (Å²) in [5, 5.41) is 14.4. The molecule has 0 aromatic carbocycles. The number of nitrogens with one attached hydrogen (secondary N) is 2. The summed E-state index contributed by atoms with van der Waals surface area (Å²) >= 11 is 0. The summed E-state index contributed by atoms with van der Waals surface area (Å²) in [5.41, 5.74) is 3.09. The molecule has 2 amide bonds. The molecule has 2 N–H and O–H groups in total. The molecule has 0 spiro atoms. The molecule has 0 unspecified atom stereocenters. The monoisotopic (exact) mass is 316 g/mol. The molecule has 1 heterocycles. The smallest absolute Gasteiger partial charge is 0.262 e. The zero-order chi connectivity index (χ0) is 17.4. The van der Waals surface area contributed by atoms with E-state index in [1.54, 1.807) is 6.08 Å². The number of rotatable bonds is 7. The van der Waals surface area contributed by atoms with Crippen molar-refractivity contribution in [2.75, 3.05) is 13.1 Å². The number of nitrogens with zero attached hydrogens (tertiary/aromatic N) is 2. The second kappa shape index (κ2) is 8.79. The third-order valence-corrected chi connectivity index (χ3v) is 3.51. The van der Waals surface area contributed by atoms with E-state index in [1.807, 2.05) is 26.0 Å². The van der Waals surface area contributed by atoms with Gasteiger partial charge in [0.05, 0.1) is 0 Å². The standard InChI is InChI=1S/C17H24N4O2/c1-5-8-21-12(2)9-15(13(21)3)10-16(11-18)17(23)20-7-6-19-14(4)22/h9-10H,5-8H2,1-4H3,(H,19,22)(H,20,23). The highest BCUT2D eigenvalue weighted by Gasteiger charge is 2.12. The molecule has 0 saturated carbocycles. The molecule has 1 aromatic rings. The molecule has 0 aliphatic heterocycles. The Morgan fingerprint density at radius 3 is 2.52 bits per heavy atom. The molecule has 0 bridgehead atoms. The summed E-state index contributed by atoms with van der Waals surface area (Å²) in [6.07, 6.45) is 2.64. The summed E-state index contributed by atoms with van der Waals surface area (Å²) in [6, 6.07) is 3.92. The minimum atomic E-state index is -0.432. The molecular formula is C17H24N4O2. The number of nitriles is 1. The highest BCUT2D eigenvalue weighted by Crippen LogP contribution is 2.18. The van der Waals surface area contributed by atoms with Crippen LogP contribution >= 0.6 is 0 Å². The normalized spacial score (nSPS) is 11.0. The number of carbonyl (C=O) groups excluding carboxylic acids is 2. The molecule has 0 saturated heterocycles. The van der Waals surface area contributed by atoms with Gasteiger partial charge in [-0.2, -0.15) is 5.26 Å². The van der Waals surface area contributed by atoms with Crippen LogP contribution in [0.5, 0.6) is 0 Å². The van der Waals surface area contributed by atoms with E-state index in [9.17, 15) is 14.9 Å². The van der Waals surface area contributed by atoms with Gasteiger partial charge in [0.25, 0.3) is 5.91 Å². The van der Waals surface area contributed by atoms with Crippen molar-refractivity contribution in [1.29, 1.82) is 5.26 Å². The van der Waals surface area contributed by atoms with Crippen molar-refractivity contribution >= 4 is 17.9 Å². The van der Waals surface area contributed by atoms with Gasteiger partial charge in [-0.15, -0.1) is 0 Å². The largest absolute Gasteiger partial charge is 0.355 e. The van der Waals surface area contributed by atoms with Crippen LogP contribution in [0.4, 0.5) is 0 Å². The predicted octanol–water partition coefficient (Wildman–Crippen LogP) is 1.67. The third kappa shape index (κ3) is 5.29. The highest BCUT2D eigenvalue weighted by atomic mass is 16.2. The molecule has 1 rings (SSSR count). The van der Waals surface area contributed by atoms with Gasteiger partial charge in [-0.05, 0) is 38.0 Å². The molecule has 6 heteroatoms. The van der Waals surface area contributed by atoms with Crippen molar-refractivity contribution in [3.8, 4) is 6.07 Å². The molecule has 0 atom stereocenters. The Morgan fingerprint density at radius 2 is 1.96 bits per heavy atom. The van der Waals surface area contributed by atoms with Crippen LogP contribution in [-0.4, -0.2) is 29.5 Å². The van der Waals surface area contributed by atoms with Gasteiger partial charge in [-0.25, -0.2) is 0 Å². The van der Waals surface area contributed by atoms with Gasteiger partial charge in [0.2, 0.25) is 5.91 Å². The summed E-state index contributed by atoms with van der Waals surface area (Å²) in [5.74, 6) is -0.586. The lowest BCUT2D eigenvalue weighted by Crippen LogP contribution is -2.34.